The fourth-order valence-electron chi connectivity index (χ4n) is 1.55. The van der Waals surface area contributed by atoms with Crippen molar-refractivity contribution >= 4 is 34.8 Å². The lowest BCUT2D eigenvalue weighted by Gasteiger charge is -2.07. The Balaban J connectivity index is 0.00000128. The van der Waals surface area contributed by atoms with Crippen LogP contribution in [0.1, 0.15) is 12.1 Å². The van der Waals surface area contributed by atoms with Crippen molar-refractivity contribution in [2.24, 2.45) is 0 Å². The average Bonchev–Trinajstić information content (AvgIpc) is 2.67. The summed E-state index contributed by atoms with van der Waals surface area (Å²) in [5.41, 5.74) is 0.754. The van der Waals surface area contributed by atoms with Crippen molar-refractivity contribution in [3.8, 4) is 0 Å². The highest BCUT2D eigenvalue weighted by Gasteiger charge is 2.24. The third kappa shape index (κ3) is 3.13. The Labute approximate surface area is 108 Å². The number of rotatable bonds is 2. The van der Waals surface area contributed by atoms with Gasteiger partial charge < -0.3 is 5.32 Å². The van der Waals surface area contributed by atoms with E-state index in [0.29, 0.717) is 10.3 Å². The molecule has 1 N–H and O–H groups in total. The van der Waals surface area contributed by atoms with Gasteiger partial charge in [0.2, 0.25) is 5.16 Å². The van der Waals surface area contributed by atoms with E-state index in [0.717, 1.165) is 25.2 Å². The maximum absolute atomic E-state index is 12.0. The molecular weight excluding hydrogens is 269 g/mol. The first-order valence-corrected chi connectivity index (χ1v) is 6.38. The van der Waals surface area contributed by atoms with E-state index in [4.69, 9.17) is 11.6 Å². The molecule has 2 rings (SSSR count). The molecule has 0 radical (unpaired) electrons. The van der Waals surface area contributed by atoms with Gasteiger partial charge in [0.1, 0.15) is 5.15 Å². The second-order valence-electron chi connectivity index (χ2n) is 3.53. The van der Waals surface area contributed by atoms with Crippen LogP contribution in [0.5, 0.6) is 0 Å². The molecule has 2 heterocycles. The van der Waals surface area contributed by atoms with Crippen LogP contribution >= 0.6 is 24.0 Å². The normalized spacial score (nSPS) is 21.5. The maximum Gasteiger partial charge on any atom is 0.220 e. The van der Waals surface area contributed by atoms with Crippen LogP contribution in [-0.2, 0) is 10.8 Å². The quantitative estimate of drug-likeness (QED) is 0.657. The van der Waals surface area contributed by atoms with Crippen molar-refractivity contribution in [1.29, 1.82) is 0 Å². The van der Waals surface area contributed by atoms with Gasteiger partial charge in [-0.2, -0.15) is 0 Å². The first-order chi connectivity index (χ1) is 7.16. The van der Waals surface area contributed by atoms with Gasteiger partial charge in [0.05, 0.1) is 16.0 Å². The summed E-state index contributed by atoms with van der Waals surface area (Å²) in [4.78, 5) is 8.16. The summed E-state index contributed by atoms with van der Waals surface area (Å²) in [6.07, 6.45) is 0.904. The standard InChI is InChI=1S/C9H12ClN3OS.ClH/c1-6-4-8(10)13-9(12-6)15(14)7-2-3-11-5-7;/h4,7,11H,2-3,5H2,1H3;1H/t7-,15+;/m1./s1. The zero-order valence-electron chi connectivity index (χ0n) is 8.77. The number of hydrogen-bond acceptors (Lipinski definition) is 4. The Morgan fingerprint density at radius 1 is 1.56 bits per heavy atom. The summed E-state index contributed by atoms with van der Waals surface area (Å²) in [5, 5.41) is 4.00. The van der Waals surface area contributed by atoms with Gasteiger partial charge in [-0.1, -0.05) is 11.6 Å². The van der Waals surface area contributed by atoms with Crippen LogP contribution in [0, 0.1) is 6.92 Å². The van der Waals surface area contributed by atoms with Gasteiger partial charge in [0.25, 0.3) is 0 Å². The lowest BCUT2D eigenvalue weighted by Crippen LogP contribution is -2.20. The predicted molar refractivity (Wildman–Crippen MR) is 66.7 cm³/mol. The molecule has 1 aliphatic rings. The monoisotopic (exact) mass is 281 g/mol. The smallest absolute Gasteiger partial charge is 0.220 e. The summed E-state index contributed by atoms with van der Waals surface area (Å²) in [6, 6.07) is 1.66. The Morgan fingerprint density at radius 2 is 2.31 bits per heavy atom. The van der Waals surface area contributed by atoms with Crippen LogP contribution in [-0.4, -0.2) is 32.5 Å². The number of nitrogens with one attached hydrogen (secondary N) is 1. The number of nitrogens with zero attached hydrogens (tertiary/aromatic N) is 2. The van der Waals surface area contributed by atoms with Gasteiger partial charge in [0.15, 0.2) is 0 Å². The summed E-state index contributed by atoms with van der Waals surface area (Å²) in [5.74, 6) is 0. The van der Waals surface area contributed by atoms with Crippen LogP contribution in [0.3, 0.4) is 0 Å². The minimum Gasteiger partial charge on any atom is -0.315 e. The molecule has 1 aromatic rings. The zero-order chi connectivity index (χ0) is 10.8. The summed E-state index contributed by atoms with van der Waals surface area (Å²) >= 11 is 5.80. The van der Waals surface area contributed by atoms with E-state index in [9.17, 15) is 4.21 Å². The highest BCUT2D eigenvalue weighted by atomic mass is 35.5. The van der Waals surface area contributed by atoms with Crippen LogP contribution < -0.4 is 5.32 Å². The van der Waals surface area contributed by atoms with Crippen LogP contribution in [0.15, 0.2) is 11.2 Å². The van der Waals surface area contributed by atoms with E-state index in [1.165, 1.54) is 0 Å². The minimum absolute atomic E-state index is 0. The third-order valence-electron chi connectivity index (χ3n) is 2.30. The molecule has 1 aliphatic heterocycles. The van der Waals surface area contributed by atoms with E-state index in [2.05, 4.69) is 15.3 Å². The van der Waals surface area contributed by atoms with Gasteiger partial charge in [0, 0.05) is 12.2 Å². The fraction of sp³-hybridized carbons (Fsp3) is 0.556. The van der Waals surface area contributed by atoms with Crippen molar-refractivity contribution in [2.45, 2.75) is 23.8 Å². The van der Waals surface area contributed by atoms with E-state index >= 15 is 0 Å². The molecule has 0 amide bonds. The van der Waals surface area contributed by atoms with E-state index in [-0.39, 0.29) is 17.7 Å². The number of hydrogen-bond donors (Lipinski definition) is 1. The van der Waals surface area contributed by atoms with Crippen LogP contribution in [0.2, 0.25) is 5.15 Å². The topological polar surface area (TPSA) is 54.9 Å². The largest absolute Gasteiger partial charge is 0.315 e. The number of halogens is 2. The number of aromatic nitrogens is 2. The highest BCUT2D eigenvalue weighted by molar-refractivity contribution is 7.85. The molecule has 0 bridgehead atoms. The average molecular weight is 282 g/mol. The van der Waals surface area contributed by atoms with Gasteiger partial charge in [-0.15, -0.1) is 12.4 Å². The van der Waals surface area contributed by atoms with E-state index in [1.54, 1.807) is 6.07 Å². The summed E-state index contributed by atoms with van der Waals surface area (Å²) < 4.78 is 12.0. The van der Waals surface area contributed by atoms with Crippen molar-refractivity contribution < 1.29 is 4.21 Å². The molecule has 4 nitrogen and oxygen atoms in total. The summed E-state index contributed by atoms with van der Waals surface area (Å²) in [7, 11) is -1.15. The van der Waals surface area contributed by atoms with Gasteiger partial charge in [-0.25, -0.2) is 9.97 Å². The summed E-state index contributed by atoms with van der Waals surface area (Å²) in [6.45, 7) is 3.50. The molecule has 0 saturated carbocycles. The van der Waals surface area contributed by atoms with Crippen molar-refractivity contribution in [1.82, 2.24) is 15.3 Å². The Bertz CT molecular complexity index is 376. The molecule has 0 unspecified atom stereocenters. The van der Waals surface area contributed by atoms with Crippen molar-refractivity contribution in [3.05, 3.63) is 16.9 Å². The highest BCUT2D eigenvalue weighted by Crippen LogP contribution is 2.15. The van der Waals surface area contributed by atoms with Gasteiger partial charge >= 0.3 is 0 Å². The lowest BCUT2D eigenvalue weighted by molar-refractivity contribution is 0.663. The molecule has 0 spiro atoms. The third-order valence-corrected chi connectivity index (χ3v) is 4.04. The predicted octanol–water partition coefficient (Wildman–Crippen LogP) is 1.33. The molecule has 0 aliphatic carbocycles. The Hall–Kier alpha value is -0.230. The van der Waals surface area contributed by atoms with E-state index < -0.39 is 10.8 Å². The second-order valence-corrected chi connectivity index (χ2v) is 5.54. The first-order valence-electron chi connectivity index (χ1n) is 4.79. The lowest BCUT2D eigenvalue weighted by atomic mass is 10.4. The number of aryl methyl sites for hydroxylation is 1. The van der Waals surface area contributed by atoms with Crippen molar-refractivity contribution in [2.75, 3.05) is 13.1 Å². The molecule has 1 aromatic heterocycles. The molecule has 1 fully saturated rings. The van der Waals surface area contributed by atoms with E-state index in [1.807, 2.05) is 6.92 Å². The SMILES string of the molecule is Cc1cc(Cl)nc([S@@](=O)[C@@H]2CCNC2)n1.Cl. The second kappa shape index (κ2) is 5.91. The molecule has 1 saturated heterocycles. The first kappa shape index (κ1) is 13.8. The molecular formula is C9H13Cl2N3OS. The Kier molecular flexibility index (Phi) is 5.11. The van der Waals surface area contributed by atoms with Gasteiger partial charge in [-0.3, -0.25) is 4.21 Å². The van der Waals surface area contributed by atoms with Crippen LogP contribution in [0.25, 0.3) is 0 Å². The van der Waals surface area contributed by atoms with Crippen molar-refractivity contribution in [3.63, 3.8) is 0 Å². The molecule has 90 valence electrons. The Morgan fingerprint density at radius 3 is 2.88 bits per heavy atom. The molecule has 0 aromatic carbocycles. The maximum atomic E-state index is 12.0. The van der Waals surface area contributed by atoms with Crippen LogP contribution in [0.4, 0.5) is 0 Å². The molecule has 7 heteroatoms. The fourth-order valence-corrected chi connectivity index (χ4v) is 3.16. The minimum atomic E-state index is -1.15. The zero-order valence-corrected chi connectivity index (χ0v) is 11.2. The molecule has 16 heavy (non-hydrogen) atoms. The van der Waals surface area contributed by atoms with Gasteiger partial charge in [-0.05, 0) is 26.0 Å². The molecule has 2 atom stereocenters.